The monoisotopic (exact) mass is 1380 g/mol. The highest BCUT2D eigenvalue weighted by Gasteiger charge is 2.10. The minimum Gasteiger partial charge on any atom is -0.287 e. The van der Waals surface area contributed by atoms with Gasteiger partial charge in [0, 0.05) is 136 Å². The Morgan fingerprint density at radius 1 is 0.228 bits per heavy atom. The molecule has 0 fully saturated rings. The van der Waals surface area contributed by atoms with Crippen molar-refractivity contribution in [2.24, 2.45) is 0 Å². The van der Waals surface area contributed by atoms with E-state index in [4.69, 9.17) is 0 Å². The standard InChI is InChI=1S/C93H68O4S4/c1-9-82-60-72(17-13-68-29-45-90(46-30-68)98-64(5)94)21-37-86(82)41-25-76-53-77(26-42-87-38-22-73(61-83(87)10-2)18-14-69-31-47-91(48-32-69)99-65(6)95)56-80(55-76)59-81-57-78(27-43-88-39-23-74(62-84(88)11-3)19-15-70-33-49-92(50-34-70)100-66(7)96)54-79(58-81)28-44-89-40-24-75(63-85(89)12-4)20-16-71-35-51-93(52-36-71)101-67(8)97/h21-24,29-40,45-58,60-63H,9-12,59H2,1-8H3. The van der Waals surface area contributed by atoms with Crippen molar-refractivity contribution < 1.29 is 19.2 Å². The summed E-state index contributed by atoms with van der Waals surface area (Å²) < 4.78 is 0. The van der Waals surface area contributed by atoms with E-state index in [-0.39, 0.29) is 20.5 Å². The molecule has 0 aliphatic heterocycles. The fourth-order valence-electron chi connectivity index (χ4n) is 10.7. The molecular formula is C93H68O4S4. The normalized spacial score (nSPS) is 10.1. The predicted octanol–water partition coefficient (Wildman–Crippen LogP) is 19.3. The number of thioether (sulfide) groups is 4. The van der Waals surface area contributed by atoms with E-state index >= 15 is 0 Å². The van der Waals surface area contributed by atoms with Gasteiger partial charge in [0.1, 0.15) is 0 Å². The summed E-state index contributed by atoms with van der Waals surface area (Å²) in [4.78, 5) is 50.2. The van der Waals surface area contributed by atoms with Crippen LogP contribution in [-0.2, 0) is 51.3 Å². The fraction of sp³-hybridized carbons (Fsp3) is 0.140. The van der Waals surface area contributed by atoms with Crippen LogP contribution < -0.4 is 0 Å². The van der Waals surface area contributed by atoms with E-state index in [0.29, 0.717) is 6.42 Å². The average Bonchev–Trinajstić information content (AvgIpc) is 0.844. The Morgan fingerprint density at radius 3 is 0.614 bits per heavy atom. The van der Waals surface area contributed by atoms with Gasteiger partial charge in [-0.3, -0.25) is 19.2 Å². The van der Waals surface area contributed by atoms with E-state index in [1.54, 1.807) is 27.7 Å². The molecular weight excluding hydrogens is 1310 g/mol. The van der Waals surface area contributed by atoms with Crippen LogP contribution in [0.3, 0.4) is 0 Å². The van der Waals surface area contributed by atoms with E-state index in [2.05, 4.69) is 183 Å². The largest absolute Gasteiger partial charge is 0.287 e. The number of carbonyl (C=O) groups excluding carboxylic acids is 4. The summed E-state index contributed by atoms with van der Waals surface area (Å²) in [6.07, 6.45) is 3.57. The van der Waals surface area contributed by atoms with Gasteiger partial charge in [-0.25, -0.2) is 0 Å². The zero-order valence-electron chi connectivity index (χ0n) is 57.4. The lowest BCUT2D eigenvalue weighted by Gasteiger charge is -2.08. The Kier molecular flexibility index (Phi) is 25.9. The maximum Gasteiger partial charge on any atom is 0.190 e. The van der Waals surface area contributed by atoms with Crippen LogP contribution in [0.15, 0.2) is 226 Å². The second-order valence-electron chi connectivity index (χ2n) is 23.4. The minimum absolute atomic E-state index is 0.0416. The zero-order chi connectivity index (χ0) is 71.0. The van der Waals surface area contributed by atoms with Crippen LogP contribution in [0.25, 0.3) is 0 Å². The predicted molar refractivity (Wildman–Crippen MR) is 419 cm³/mol. The molecule has 0 bridgehead atoms. The van der Waals surface area contributed by atoms with Crippen LogP contribution >= 0.6 is 47.0 Å². The number of aryl methyl sites for hydroxylation is 4. The molecule has 10 aromatic carbocycles. The molecule has 488 valence electrons. The summed E-state index contributed by atoms with van der Waals surface area (Å²) in [6, 6.07) is 68.3. The van der Waals surface area contributed by atoms with Gasteiger partial charge in [-0.2, -0.15) is 0 Å². The van der Waals surface area contributed by atoms with Gasteiger partial charge < -0.3 is 0 Å². The van der Waals surface area contributed by atoms with Crippen molar-refractivity contribution >= 4 is 67.5 Å². The summed E-state index contributed by atoms with van der Waals surface area (Å²) >= 11 is 4.82. The Bertz CT molecular complexity index is 4740. The maximum atomic E-state index is 11.7. The lowest BCUT2D eigenvalue weighted by molar-refractivity contribution is -0.109. The van der Waals surface area contributed by atoms with Gasteiger partial charge in [0.05, 0.1) is 0 Å². The lowest BCUT2D eigenvalue weighted by Crippen LogP contribution is -1.95. The first-order valence-corrected chi connectivity index (χ1v) is 36.4. The molecule has 0 atom stereocenters. The molecule has 0 aromatic heterocycles. The molecule has 0 spiro atoms. The molecule has 0 heterocycles. The Hall–Kier alpha value is -11.2. The Labute approximate surface area is 612 Å². The topological polar surface area (TPSA) is 68.3 Å². The van der Waals surface area contributed by atoms with E-state index in [0.717, 1.165) is 168 Å². The first-order valence-electron chi connectivity index (χ1n) is 33.1. The second-order valence-corrected chi connectivity index (χ2v) is 28.4. The zero-order valence-corrected chi connectivity index (χ0v) is 60.7. The summed E-state index contributed by atoms with van der Waals surface area (Å²) in [5.74, 6) is 54.8. The summed E-state index contributed by atoms with van der Waals surface area (Å²) in [5, 5.41) is 0.167. The molecule has 0 saturated heterocycles. The average molecular weight is 1380 g/mol. The number of hydrogen-bond donors (Lipinski definition) is 0. The third-order valence-corrected chi connectivity index (χ3v) is 18.8. The molecule has 8 heteroatoms. The van der Waals surface area contributed by atoms with E-state index in [9.17, 15) is 19.2 Å². The quantitative estimate of drug-likeness (QED) is 0.0991. The summed E-state index contributed by atoms with van der Waals surface area (Å²) in [6.45, 7) is 14.8. The van der Waals surface area contributed by atoms with E-state index in [1.807, 2.05) is 146 Å². The van der Waals surface area contributed by atoms with Crippen molar-refractivity contribution in [1.29, 1.82) is 0 Å². The number of benzene rings is 10. The molecule has 0 aliphatic carbocycles. The van der Waals surface area contributed by atoms with Crippen LogP contribution in [0.2, 0.25) is 0 Å². The number of carbonyl (C=O) groups is 4. The van der Waals surface area contributed by atoms with Crippen LogP contribution in [0, 0.1) is 94.7 Å². The van der Waals surface area contributed by atoms with E-state index < -0.39 is 0 Å². The molecule has 10 aromatic rings. The first kappa shape index (κ1) is 72.5. The van der Waals surface area contributed by atoms with Crippen molar-refractivity contribution in [3.05, 3.63) is 329 Å². The molecule has 101 heavy (non-hydrogen) atoms. The Balaban J connectivity index is 1.02. The van der Waals surface area contributed by atoms with Gasteiger partial charge in [-0.1, -0.05) is 169 Å². The van der Waals surface area contributed by atoms with Gasteiger partial charge in [0.15, 0.2) is 20.5 Å². The van der Waals surface area contributed by atoms with Gasteiger partial charge in [0.25, 0.3) is 0 Å². The Morgan fingerprint density at radius 2 is 0.416 bits per heavy atom. The molecule has 0 amide bonds. The van der Waals surface area contributed by atoms with Gasteiger partial charge >= 0.3 is 0 Å². The van der Waals surface area contributed by atoms with Crippen LogP contribution in [0.5, 0.6) is 0 Å². The van der Waals surface area contributed by atoms with Gasteiger partial charge in [-0.15, -0.1) is 0 Å². The number of hydrogen-bond acceptors (Lipinski definition) is 8. The van der Waals surface area contributed by atoms with E-state index in [1.165, 1.54) is 47.0 Å². The third-order valence-electron chi connectivity index (χ3n) is 15.6. The fourth-order valence-corrected chi connectivity index (χ4v) is 13.1. The second kappa shape index (κ2) is 36.0. The molecule has 0 unspecified atom stereocenters. The van der Waals surface area contributed by atoms with Crippen molar-refractivity contribution in [3.63, 3.8) is 0 Å². The molecule has 0 N–H and O–H groups in total. The molecule has 4 nitrogen and oxygen atoms in total. The smallest absolute Gasteiger partial charge is 0.190 e. The van der Waals surface area contributed by atoms with Crippen LogP contribution in [0.4, 0.5) is 0 Å². The first-order chi connectivity index (χ1) is 49.0. The van der Waals surface area contributed by atoms with Crippen molar-refractivity contribution in [2.45, 2.75) is 107 Å². The molecule has 10 rings (SSSR count). The van der Waals surface area contributed by atoms with Crippen molar-refractivity contribution in [3.8, 4) is 94.7 Å². The van der Waals surface area contributed by atoms with Crippen LogP contribution in [0.1, 0.15) is 178 Å². The highest BCUT2D eigenvalue weighted by Crippen LogP contribution is 2.25. The van der Waals surface area contributed by atoms with Crippen molar-refractivity contribution in [2.75, 3.05) is 0 Å². The van der Waals surface area contributed by atoms with Crippen LogP contribution in [-0.4, -0.2) is 20.5 Å². The van der Waals surface area contributed by atoms with Gasteiger partial charge in [-0.05, 0) is 272 Å². The van der Waals surface area contributed by atoms with Gasteiger partial charge in [0.2, 0.25) is 0 Å². The molecule has 0 radical (unpaired) electrons. The molecule has 0 saturated carbocycles. The lowest BCUT2D eigenvalue weighted by atomic mass is 9.96. The SMILES string of the molecule is CCc1cc(C#Cc2ccc(SC(C)=O)cc2)ccc1C#Cc1cc(C#Cc2ccc(C#Cc3ccc(SC(C)=O)cc3)cc2CC)cc(Cc2cc(C#Cc3ccc(C#Cc4ccc(SC(C)=O)cc4)cc3CC)cc(C#Cc3ccc(C#Cc4ccc(SC(C)=O)cc4)cc3CC)c2)c1. The summed E-state index contributed by atoms with van der Waals surface area (Å²) in [7, 11) is 0. The summed E-state index contributed by atoms with van der Waals surface area (Å²) in [5.41, 5.74) is 20.3. The third kappa shape index (κ3) is 22.4. The molecule has 0 aliphatic rings. The highest BCUT2D eigenvalue weighted by atomic mass is 32.2. The number of rotatable bonds is 10. The minimum atomic E-state index is 0.0416. The van der Waals surface area contributed by atoms with Crippen molar-refractivity contribution in [1.82, 2.24) is 0 Å². The maximum absolute atomic E-state index is 11.7. The highest BCUT2D eigenvalue weighted by molar-refractivity contribution is 8.14.